The normalized spacial score (nSPS) is 26.2. The van der Waals surface area contributed by atoms with E-state index in [-0.39, 0.29) is 5.92 Å². The van der Waals surface area contributed by atoms with Gasteiger partial charge in [0, 0.05) is 12.6 Å². The third kappa shape index (κ3) is 1.94. The quantitative estimate of drug-likeness (QED) is 0.785. The molecule has 1 heterocycles. The average Bonchev–Trinajstić information content (AvgIpc) is 2.85. The molecule has 2 unspecified atom stereocenters. The van der Waals surface area contributed by atoms with Crippen LogP contribution in [0.1, 0.15) is 25.0 Å². The third-order valence-corrected chi connectivity index (χ3v) is 2.71. The summed E-state index contributed by atoms with van der Waals surface area (Å²) in [5.41, 5.74) is 0.897. The van der Waals surface area contributed by atoms with Gasteiger partial charge in [-0.15, -0.1) is 0 Å². The van der Waals surface area contributed by atoms with Crippen LogP contribution >= 0.6 is 0 Å². The minimum Gasteiger partial charge on any atom is -0.451 e. The fourth-order valence-corrected chi connectivity index (χ4v) is 1.92. The molecule has 1 fully saturated rings. The van der Waals surface area contributed by atoms with Crippen LogP contribution in [-0.2, 0) is 6.54 Å². The van der Waals surface area contributed by atoms with Crippen LogP contribution < -0.4 is 5.32 Å². The Balaban J connectivity index is 1.83. The molecule has 0 radical (unpaired) electrons. The predicted molar refractivity (Wildman–Crippen MR) is 50.1 cm³/mol. The van der Waals surface area contributed by atoms with Crippen LogP contribution in [-0.4, -0.2) is 11.0 Å². The van der Waals surface area contributed by atoms with E-state index in [0.717, 1.165) is 25.0 Å². The molecule has 14 heavy (non-hydrogen) atoms. The van der Waals surface area contributed by atoms with E-state index in [1.165, 1.54) is 6.39 Å². The molecule has 1 N–H and O–H groups in total. The summed E-state index contributed by atoms with van der Waals surface area (Å²) in [5.74, 6) is 0.168. The Morgan fingerprint density at radius 3 is 3.29 bits per heavy atom. The molecule has 0 aromatic carbocycles. The van der Waals surface area contributed by atoms with E-state index in [1.807, 2.05) is 0 Å². The lowest BCUT2D eigenvalue weighted by Gasteiger charge is -2.13. The molecule has 4 nitrogen and oxygen atoms in total. The Labute approximate surface area is 82.9 Å². The third-order valence-electron chi connectivity index (χ3n) is 2.71. The van der Waals surface area contributed by atoms with Crippen LogP contribution in [0.2, 0.25) is 0 Å². The van der Waals surface area contributed by atoms with Gasteiger partial charge >= 0.3 is 0 Å². The standard InChI is InChI=1S/C10H13N3O/c11-4-8-2-1-3-10(8)12-5-9-6-14-7-13-9/h6-8,10,12H,1-3,5H2. The molecule has 0 bridgehead atoms. The maximum absolute atomic E-state index is 8.87. The summed E-state index contributed by atoms with van der Waals surface area (Å²) in [4.78, 5) is 4.02. The number of hydrogen-bond donors (Lipinski definition) is 1. The van der Waals surface area contributed by atoms with Crippen molar-refractivity contribution in [2.24, 2.45) is 5.92 Å². The number of oxazole rings is 1. The highest BCUT2D eigenvalue weighted by molar-refractivity contribution is 4.98. The van der Waals surface area contributed by atoms with Gasteiger partial charge in [0.15, 0.2) is 6.39 Å². The second-order valence-corrected chi connectivity index (χ2v) is 3.63. The molecule has 0 amide bonds. The van der Waals surface area contributed by atoms with Gasteiger partial charge in [-0.25, -0.2) is 4.98 Å². The first-order chi connectivity index (χ1) is 6.90. The molecule has 74 valence electrons. The molecule has 0 spiro atoms. The monoisotopic (exact) mass is 191 g/mol. The molecule has 1 aliphatic carbocycles. The van der Waals surface area contributed by atoms with Gasteiger partial charge in [0.1, 0.15) is 6.26 Å². The SMILES string of the molecule is N#CC1CCCC1NCc1cocn1. The first-order valence-electron chi connectivity index (χ1n) is 4.90. The van der Waals surface area contributed by atoms with Gasteiger partial charge in [0.05, 0.1) is 17.7 Å². The molecule has 0 aliphatic heterocycles. The summed E-state index contributed by atoms with van der Waals surface area (Å²) in [6.45, 7) is 0.694. The van der Waals surface area contributed by atoms with Crippen molar-refractivity contribution < 1.29 is 4.42 Å². The lowest BCUT2D eigenvalue weighted by atomic mass is 10.1. The Morgan fingerprint density at radius 1 is 1.64 bits per heavy atom. The highest BCUT2D eigenvalue weighted by Gasteiger charge is 2.26. The maximum Gasteiger partial charge on any atom is 0.180 e. The molecular formula is C10H13N3O. The van der Waals surface area contributed by atoms with E-state index in [1.54, 1.807) is 6.26 Å². The second-order valence-electron chi connectivity index (χ2n) is 3.63. The maximum atomic E-state index is 8.87. The van der Waals surface area contributed by atoms with Crippen molar-refractivity contribution in [3.8, 4) is 6.07 Å². The van der Waals surface area contributed by atoms with Crippen molar-refractivity contribution in [3.63, 3.8) is 0 Å². The Bertz CT molecular complexity index is 315. The van der Waals surface area contributed by atoms with Crippen molar-refractivity contribution in [2.75, 3.05) is 0 Å². The molecule has 1 saturated carbocycles. The van der Waals surface area contributed by atoms with E-state index < -0.39 is 0 Å². The summed E-state index contributed by atoms with van der Waals surface area (Å²) in [6, 6.07) is 2.67. The lowest BCUT2D eigenvalue weighted by Crippen LogP contribution is -2.31. The number of aromatic nitrogens is 1. The first-order valence-corrected chi connectivity index (χ1v) is 4.90. The van der Waals surface area contributed by atoms with E-state index in [0.29, 0.717) is 12.6 Å². The number of nitrogens with zero attached hydrogens (tertiary/aromatic N) is 2. The van der Waals surface area contributed by atoms with Crippen molar-refractivity contribution in [1.29, 1.82) is 5.26 Å². The van der Waals surface area contributed by atoms with E-state index in [9.17, 15) is 0 Å². The molecule has 2 rings (SSSR count). The van der Waals surface area contributed by atoms with Gasteiger partial charge in [0.25, 0.3) is 0 Å². The van der Waals surface area contributed by atoms with Gasteiger partial charge in [-0.3, -0.25) is 0 Å². The van der Waals surface area contributed by atoms with E-state index >= 15 is 0 Å². The largest absolute Gasteiger partial charge is 0.451 e. The molecule has 4 heteroatoms. The number of nitriles is 1. The molecule has 1 aromatic rings. The van der Waals surface area contributed by atoms with Crippen LogP contribution in [0, 0.1) is 17.2 Å². The molecule has 1 aromatic heterocycles. The zero-order chi connectivity index (χ0) is 9.80. The Morgan fingerprint density at radius 2 is 2.57 bits per heavy atom. The van der Waals surface area contributed by atoms with Crippen LogP contribution in [0.3, 0.4) is 0 Å². The molecule has 1 aliphatic rings. The summed E-state index contributed by atoms with van der Waals surface area (Å²) in [7, 11) is 0. The highest BCUT2D eigenvalue weighted by Crippen LogP contribution is 2.24. The first kappa shape index (κ1) is 9.22. The smallest absolute Gasteiger partial charge is 0.180 e. The van der Waals surface area contributed by atoms with Gasteiger partial charge in [0.2, 0.25) is 0 Å². The van der Waals surface area contributed by atoms with Crippen molar-refractivity contribution >= 4 is 0 Å². The minimum absolute atomic E-state index is 0.168. The summed E-state index contributed by atoms with van der Waals surface area (Å²) < 4.78 is 4.87. The van der Waals surface area contributed by atoms with Crippen molar-refractivity contribution in [1.82, 2.24) is 10.3 Å². The summed E-state index contributed by atoms with van der Waals surface area (Å²) in [6.07, 6.45) is 6.31. The fraction of sp³-hybridized carbons (Fsp3) is 0.600. The van der Waals surface area contributed by atoms with E-state index in [2.05, 4.69) is 16.4 Å². The number of hydrogen-bond acceptors (Lipinski definition) is 4. The predicted octanol–water partition coefficient (Wildman–Crippen LogP) is 1.46. The molecular weight excluding hydrogens is 178 g/mol. The van der Waals surface area contributed by atoms with Crippen LogP contribution in [0.4, 0.5) is 0 Å². The molecule has 2 atom stereocenters. The average molecular weight is 191 g/mol. The Hall–Kier alpha value is -1.34. The van der Waals surface area contributed by atoms with E-state index in [4.69, 9.17) is 9.68 Å². The van der Waals surface area contributed by atoms with Crippen LogP contribution in [0.15, 0.2) is 17.1 Å². The highest BCUT2D eigenvalue weighted by atomic mass is 16.3. The van der Waals surface area contributed by atoms with Crippen molar-refractivity contribution in [3.05, 3.63) is 18.4 Å². The van der Waals surface area contributed by atoms with Gasteiger partial charge in [-0.05, 0) is 12.8 Å². The van der Waals surface area contributed by atoms with Crippen LogP contribution in [0.25, 0.3) is 0 Å². The summed E-state index contributed by atoms with van der Waals surface area (Å²) in [5, 5.41) is 12.2. The zero-order valence-corrected chi connectivity index (χ0v) is 7.94. The topological polar surface area (TPSA) is 61.9 Å². The van der Waals surface area contributed by atoms with Gasteiger partial charge in [-0.1, -0.05) is 6.42 Å². The zero-order valence-electron chi connectivity index (χ0n) is 7.94. The van der Waals surface area contributed by atoms with Crippen LogP contribution in [0.5, 0.6) is 0 Å². The minimum atomic E-state index is 0.168. The number of rotatable bonds is 3. The Kier molecular flexibility index (Phi) is 2.80. The van der Waals surface area contributed by atoms with Gasteiger partial charge in [-0.2, -0.15) is 5.26 Å². The van der Waals surface area contributed by atoms with Gasteiger partial charge < -0.3 is 9.73 Å². The molecule has 0 saturated heterocycles. The van der Waals surface area contributed by atoms with Crippen molar-refractivity contribution in [2.45, 2.75) is 31.8 Å². The summed E-state index contributed by atoms with van der Waals surface area (Å²) >= 11 is 0. The second kappa shape index (κ2) is 4.25. The fourth-order valence-electron chi connectivity index (χ4n) is 1.92. The lowest BCUT2D eigenvalue weighted by molar-refractivity contribution is 0.460. The number of nitrogens with one attached hydrogen (secondary N) is 1.